The Kier molecular flexibility index (Phi) is 5.95. The molecular weight excluding hydrogens is 334 g/mol. The van der Waals surface area contributed by atoms with Gasteiger partial charge in [-0.25, -0.2) is 0 Å². The van der Waals surface area contributed by atoms with Crippen LogP contribution in [0.1, 0.15) is 15.9 Å². The van der Waals surface area contributed by atoms with Crippen molar-refractivity contribution in [3.8, 4) is 11.1 Å². The normalized spacial score (nSPS) is 10.7. The highest BCUT2D eigenvalue weighted by molar-refractivity contribution is 6.11. The molecule has 134 valence electrons. The maximum absolute atomic E-state index is 12.7. The maximum Gasteiger partial charge on any atom is 0.246 e. The van der Waals surface area contributed by atoms with E-state index in [1.165, 1.54) is 12.2 Å². The maximum atomic E-state index is 12.7. The molecule has 3 aromatic rings. The molecule has 0 heterocycles. The molecule has 0 bridgehead atoms. The molecule has 0 radical (unpaired) electrons. The van der Waals surface area contributed by atoms with Crippen molar-refractivity contribution in [3.05, 3.63) is 108 Å². The molecule has 0 saturated carbocycles. The number of rotatable bonds is 6. The molecule has 0 unspecified atom stereocenters. The molecule has 0 aromatic heterocycles. The highest BCUT2D eigenvalue weighted by Crippen LogP contribution is 2.24. The van der Waals surface area contributed by atoms with Crippen LogP contribution in [0.4, 0.5) is 0 Å². The predicted octanol–water partition coefficient (Wildman–Crippen LogP) is 4.75. The number of likely N-dealkylation sites (N-methyl/N-ethyl adjacent to an activating group) is 1. The van der Waals surface area contributed by atoms with Gasteiger partial charge in [0.25, 0.3) is 0 Å². The van der Waals surface area contributed by atoms with E-state index in [0.717, 1.165) is 16.7 Å². The summed E-state index contributed by atoms with van der Waals surface area (Å²) < 4.78 is 0. The van der Waals surface area contributed by atoms with Crippen LogP contribution in [0.25, 0.3) is 11.1 Å². The quantitative estimate of drug-likeness (QED) is 0.473. The van der Waals surface area contributed by atoms with Crippen LogP contribution in [0.3, 0.4) is 0 Å². The van der Waals surface area contributed by atoms with E-state index in [0.29, 0.717) is 12.1 Å². The van der Waals surface area contributed by atoms with Gasteiger partial charge in [-0.15, -0.1) is 0 Å². The third kappa shape index (κ3) is 4.79. The van der Waals surface area contributed by atoms with Crippen molar-refractivity contribution in [3.63, 3.8) is 0 Å². The number of amides is 1. The molecule has 0 aliphatic rings. The van der Waals surface area contributed by atoms with Crippen LogP contribution in [-0.4, -0.2) is 23.6 Å². The van der Waals surface area contributed by atoms with Crippen molar-refractivity contribution in [2.45, 2.75) is 6.54 Å². The summed E-state index contributed by atoms with van der Waals surface area (Å²) in [5, 5.41) is 0. The van der Waals surface area contributed by atoms with Crippen LogP contribution in [0, 0.1) is 0 Å². The summed E-state index contributed by atoms with van der Waals surface area (Å²) in [7, 11) is 1.72. The molecule has 0 N–H and O–H groups in total. The fourth-order valence-electron chi connectivity index (χ4n) is 2.87. The molecular formula is C24H21NO2. The second kappa shape index (κ2) is 8.77. The number of carbonyl (C=O) groups excluding carboxylic acids is 2. The second-order valence-electron chi connectivity index (χ2n) is 6.29. The van der Waals surface area contributed by atoms with Gasteiger partial charge in [0.1, 0.15) is 0 Å². The summed E-state index contributed by atoms with van der Waals surface area (Å²) in [5.74, 6) is -0.389. The van der Waals surface area contributed by atoms with E-state index in [1.807, 2.05) is 78.9 Å². The summed E-state index contributed by atoms with van der Waals surface area (Å²) in [4.78, 5) is 26.6. The Morgan fingerprint density at radius 2 is 1.37 bits per heavy atom. The van der Waals surface area contributed by atoms with Gasteiger partial charge in [0.15, 0.2) is 5.78 Å². The average Bonchev–Trinajstić information content (AvgIpc) is 2.73. The highest BCUT2D eigenvalue weighted by atomic mass is 16.2. The first kappa shape index (κ1) is 18.3. The van der Waals surface area contributed by atoms with Crippen molar-refractivity contribution >= 4 is 11.7 Å². The number of hydrogen-bond acceptors (Lipinski definition) is 2. The van der Waals surface area contributed by atoms with Gasteiger partial charge in [-0.05, 0) is 22.8 Å². The molecule has 0 atom stereocenters. The van der Waals surface area contributed by atoms with Crippen LogP contribution in [0.2, 0.25) is 0 Å². The first-order valence-electron chi connectivity index (χ1n) is 8.81. The molecule has 0 saturated heterocycles. The number of ketones is 1. The minimum atomic E-state index is -0.204. The van der Waals surface area contributed by atoms with Gasteiger partial charge in [0.05, 0.1) is 0 Å². The number of allylic oxidation sites excluding steroid dienone is 1. The Morgan fingerprint density at radius 1 is 0.778 bits per heavy atom. The van der Waals surface area contributed by atoms with Gasteiger partial charge in [0.2, 0.25) is 5.91 Å². The van der Waals surface area contributed by atoms with Crippen molar-refractivity contribution in [1.82, 2.24) is 4.90 Å². The van der Waals surface area contributed by atoms with Gasteiger partial charge < -0.3 is 4.90 Å². The highest BCUT2D eigenvalue weighted by Gasteiger charge is 2.11. The zero-order valence-corrected chi connectivity index (χ0v) is 15.2. The van der Waals surface area contributed by atoms with Crippen LogP contribution >= 0.6 is 0 Å². The number of nitrogens with zero attached hydrogens (tertiary/aromatic N) is 1. The molecule has 0 spiro atoms. The molecule has 0 aliphatic heterocycles. The molecule has 3 heteroatoms. The minimum absolute atomic E-state index is 0.184. The molecule has 3 rings (SSSR count). The third-order valence-corrected chi connectivity index (χ3v) is 4.29. The van der Waals surface area contributed by atoms with Gasteiger partial charge in [-0.2, -0.15) is 0 Å². The van der Waals surface area contributed by atoms with Crippen molar-refractivity contribution in [1.29, 1.82) is 0 Å². The van der Waals surface area contributed by atoms with Crippen LogP contribution in [-0.2, 0) is 11.3 Å². The van der Waals surface area contributed by atoms with E-state index >= 15 is 0 Å². The fourth-order valence-corrected chi connectivity index (χ4v) is 2.87. The Balaban J connectivity index is 1.73. The molecule has 0 fully saturated rings. The first-order valence-corrected chi connectivity index (χ1v) is 8.81. The van der Waals surface area contributed by atoms with Crippen LogP contribution in [0.5, 0.6) is 0 Å². The molecule has 27 heavy (non-hydrogen) atoms. The Bertz CT molecular complexity index is 946. The van der Waals surface area contributed by atoms with E-state index in [4.69, 9.17) is 0 Å². The van der Waals surface area contributed by atoms with Crippen LogP contribution < -0.4 is 0 Å². The fraction of sp³-hybridized carbons (Fsp3) is 0.0833. The van der Waals surface area contributed by atoms with E-state index < -0.39 is 0 Å². The van der Waals surface area contributed by atoms with Crippen molar-refractivity contribution in [2.24, 2.45) is 0 Å². The lowest BCUT2D eigenvalue weighted by molar-refractivity contribution is -0.125. The topological polar surface area (TPSA) is 37.4 Å². The lowest BCUT2D eigenvalue weighted by atomic mass is 9.97. The van der Waals surface area contributed by atoms with Crippen LogP contribution in [0.15, 0.2) is 97.1 Å². The van der Waals surface area contributed by atoms with Gasteiger partial charge in [-0.1, -0.05) is 84.9 Å². The largest absolute Gasteiger partial charge is 0.338 e. The predicted molar refractivity (Wildman–Crippen MR) is 108 cm³/mol. The van der Waals surface area contributed by atoms with Gasteiger partial charge in [0, 0.05) is 25.2 Å². The number of benzene rings is 3. The van der Waals surface area contributed by atoms with E-state index in [2.05, 4.69) is 0 Å². The summed E-state index contributed by atoms with van der Waals surface area (Å²) in [6.45, 7) is 0.499. The van der Waals surface area contributed by atoms with Gasteiger partial charge in [-0.3, -0.25) is 9.59 Å². The monoisotopic (exact) mass is 355 g/mol. The molecule has 3 nitrogen and oxygen atoms in total. The Labute approximate surface area is 159 Å². The Morgan fingerprint density at radius 3 is 2.07 bits per heavy atom. The summed E-state index contributed by atoms with van der Waals surface area (Å²) in [6, 6.07) is 26.9. The smallest absolute Gasteiger partial charge is 0.246 e. The average molecular weight is 355 g/mol. The van der Waals surface area contributed by atoms with Gasteiger partial charge >= 0.3 is 0 Å². The standard InChI is InChI=1S/C24H21NO2/c1-25(18-19-10-4-2-5-11-19)24(27)17-16-23(26)22-15-9-8-14-21(22)20-12-6-3-7-13-20/h2-17H,18H2,1H3/b17-16+. The number of hydrogen-bond donors (Lipinski definition) is 0. The molecule has 3 aromatic carbocycles. The summed E-state index contributed by atoms with van der Waals surface area (Å²) in [5.41, 5.74) is 3.46. The van der Waals surface area contributed by atoms with Crippen molar-refractivity contribution in [2.75, 3.05) is 7.05 Å². The molecule has 1 amide bonds. The Hall–Kier alpha value is -3.46. The number of carbonyl (C=O) groups is 2. The second-order valence-corrected chi connectivity index (χ2v) is 6.29. The summed E-state index contributed by atoms with van der Waals surface area (Å²) >= 11 is 0. The lowest BCUT2D eigenvalue weighted by Gasteiger charge is -2.15. The van der Waals surface area contributed by atoms with Crippen molar-refractivity contribution < 1.29 is 9.59 Å². The lowest BCUT2D eigenvalue weighted by Crippen LogP contribution is -2.24. The van der Waals surface area contributed by atoms with E-state index in [1.54, 1.807) is 18.0 Å². The van der Waals surface area contributed by atoms with E-state index in [9.17, 15) is 9.59 Å². The molecule has 0 aliphatic carbocycles. The summed E-state index contributed by atoms with van der Waals surface area (Å²) in [6.07, 6.45) is 2.69. The van der Waals surface area contributed by atoms with E-state index in [-0.39, 0.29) is 11.7 Å². The zero-order chi connectivity index (χ0) is 19.1. The minimum Gasteiger partial charge on any atom is -0.338 e. The third-order valence-electron chi connectivity index (χ3n) is 4.29. The SMILES string of the molecule is CN(Cc1ccccc1)C(=O)/C=C/C(=O)c1ccccc1-c1ccccc1. The zero-order valence-electron chi connectivity index (χ0n) is 15.2. The first-order chi connectivity index (χ1) is 13.1.